The summed E-state index contributed by atoms with van der Waals surface area (Å²) in [6.45, 7) is 2.77. The third-order valence-electron chi connectivity index (χ3n) is 5.70. The summed E-state index contributed by atoms with van der Waals surface area (Å²) >= 11 is 0. The maximum absolute atomic E-state index is 6.58. The van der Waals surface area contributed by atoms with Gasteiger partial charge in [-0.3, -0.25) is 0 Å². The molecule has 0 saturated carbocycles. The van der Waals surface area contributed by atoms with Gasteiger partial charge in [-0.05, 0) is 41.9 Å². The van der Waals surface area contributed by atoms with Gasteiger partial charge in [-0.2, -0.15) is 0 Å². The monoisotopic (exact) mass is 406 g/mol. The number of amidine groups is 1. The SMILES string of the molecule is NCCN(N)/N=C(\N)c1ccc(C2=CC3(CCNCC3)Oc3ccccc3C2)cc1. The lowest BCUT2D eigenvalue weighted by molar-refractivity contribution is 0.0855. The molecule has 0 aliphatic carbocycles. The van der Waals surface area contributed by atoms with Crippen molar-refractivity contribution in [3.63, 3.8) is 0 Å². The summed E-state index contributed by atoms with van der Waals surface area (Å²) in [5.41, 5.74) is 15.8. The van der Waals surface area contributed by atoms with E-state index in [2.05, 4.69) is 46.8 Å². The zero-order valence-corrected chi connectivity index (χ0v) is 17.2. The van der Waals surface area contributed by atoms with Gasteiger partial charge in [-0.25, -0.2) is 11.0 Å². The zero-order chi connectivity index (χ0) is 21.0. The smallest absolute Gasteiger partial charge is 0.152 e. The first-order valence-electron chi connectivity index (χ1n) is 10.5. The first-order chi connectivity index (χ1) is 14.6. The van der Waals surface area contributed by atoms with Crippen LogP contribution in [0.15, 0.2) is 59.7 Å². The second-order valence-corrected chi connectivity index (χ2v) is 7.89. The molecule has 4 rings (SSSR count). The van der Waals surface area contributed by atoms with Crippen molar-refractivity contribution in [3.8, 4) is 5.75 Å². The van der Waals surface area contributed by atoms with Crippen LogP contribution in [0.5, 0.6) is 5.75 Å². The van der Waals surface area contributed by atoms with Crippen LogP contribution in [0.25, 0.3) is 5.57 Å². The molecule has 0 amide bonds. The van der Waals surface area contributed by atoms with Gasteiger partial charge < -0.3 is 21.5 Å². The summed E-state index contributed by atoms with van der Waals surface area (Å²) in [4.78, 5) is 0. The average molecular weight is 407 g/mol. The van der Waals surface area contributed by atoms with E-state index in [1.807, 2.05) is 18.2 Å². The number of benzene rings is 2. The Balaban J connectivity index is 1.64. The quantitative estimate of drug-likeness (QED) is 0.259. The third-order valence-corrected chi connectivity index (χ3v) is 5.70. The average Bonchev–Trinajstić information content (AvgIpc) is 2.91. The highest BCUT2D eigenvalue weighted by atomic mass is 16.5. The lowest BCUT2D eigenvalue weighted by Gasteiger charge is -2.35. The number of rotatable bonds is 5. The summed E-state index contributed by atoms with van der Waals surface area (Å²) < 4.78 is 6.58. The first-order valence-corrected chi connectivity index (χ1v) is 10.5. The Hall–Kier alpha value is -2.87. The summed E-state index contributed by atoms with van der Waals surface area (Å²) in [6.07, 6.45) is 5.08. The number of nitrogens with two attached hydrogens (primary N) is 3. The molecule has 7 N–H and O–H groups in total. The molecule has 2 aliphatic heterocycles. The van der Waals surface area contributed by atoms with Crippen LogP contribution < -0.4 is 27.4 Å². The van der Waals surface area contributed by atoms with E-state index in [4.69, 9.17) is 22.0 Å². The summed E-state index contributed by atoms with van der Waals surface area (Å²) in [6, 6.07) is 16.5. The van der Waals surface area contributed by atoms with Crippen LogP contribution in [-0.4, -0.2) is 42.7 Å². The van der Waals surface area contributed by atoms with Gasteiger partial charge in [0.15, 0.2) is 5.84 Å². The fourth-order valence-corrected chi connectivity index (χ4v) is 4.09. The maximum atomic E-state index is 6.58. The van der Waals surface area contributed by atoms with Crippen molar-refractivity contribution >= 4 is 11.4 Å². The zero-order valence-electron chi connectivity index (χ0n) is 17.2. The van der Waals surface area contributed by atoms with Crippen LogP contribution in [0.2, 0.25) is 0 Å². The number of fused-ring (bicyclic) bond motifs is 1. The molecule has 1 fully saturated rings. The second-order valence-electron chi connectivity index (χ2n) is 7.89. The molecular weight excluding hydrogens is 376 g/mol. The number of piperidine rings is 1. The van der Waals surface area contributed by atoms with Crippen molar-refractivity contribution in [2.24, 2.45) is 22.4 Å². The predicted molar refractivity (Wildman–Crippen MR) is 121 cm³/mol. The number of ether oxygens (including phenoxy) is 1. The minimum atomic E-state index is -0.269. The van der Waals surface area contributed by atoms with Crippen LogP contribution >= 0.6 is 0 Å². The number of allylic oxidation sites excluding steroid dienone is 1. The minimum absolute atomic E-state index is 0.269. The Labute approximate surface area is 177 Å². The molecule has 2 heterocycles. The van der Waals surface area contributed by atoms with Gasteiger partial charge in [0.05, 0.1) is 6.54 Å². The van der Waals surface area contributed by atoms with Crippen LogP contribution in [0, 0.1) is 0 Å². The molecule has 0 radical (unpaired) electrons. The molecule has 0 unspecified atom stereocenters. The van der Waals surface area contributed by atoms with E-state index in [-0.39, 0.29) is 5.60 Å². The summed E-state index contributed by atoms with van der Waals surface area (Å²) in [5, 5.41) is 8.89. The van der Waals surface area contributed by atoms with E-state index in [9.17, 15) is 0 Å². The Kier molecular flexibility index (Phi) is 6.03. The normalized spacial score (nSPS) is 18.2. The molecule has 0 aromatic heterocycles. The molecule has 7 nitrogen and oxygen atoms in total. The second kappa shape index (κ2) is 8.87. The van der Waals surface area contributed by atoms with E-state index in [0.29, 0.717) is 18.9 Å². The lowest BCUT2D eigenvalue weighted by atomic mass is 9.87. The number of hydrazone groups is 1. The Morgan fingerprint density at radius 2 is 1.83 bits per heavy atom. The van der Waals surface area contributed by atoms with Crippen LogP contribution in [0.3, 0.4) is 0 Å². The van der Waals surface area contributed by atoms with Crippen LogP contribution in [0.1, 0.15) is 29.5 Å². The van der Waals surface area contributed by atoms with Crippen molar-refractivity contribution in [2.75, 3.05) is 26.2 Å². The molecule has 0 bridgehead atoms. The van der Waals surface area contributed by atoms with Gasteiger partial charge in [0.2, 0.25) is 0 Å². The van der Waals surface area contributed by atoms with E-state index in [1.165, 1.54) is 16.3 Å². The highest BCUT2D eigenvalue weighted by Crippen LogP contribution is 2.38. The van der Waals surface area contributed by atoms with Crippen molar-refractivity contribution in [2.45, 2.75) is 24.9 Å². The highest BCUT2D eigenvalue weighted by molar-refractivity contribution is 5.97. The molecule has 7 heteroatoms. The van der Waals surface area contributed by atoms with E-state index in [0.717, 1.165) is 49.2 Å². The van der Waals surface area contributed by atoms with Gasteiger partial charge in [0.25, 0.3) is 0 Å². The van der Waals surface area contributed by atoms with E-state index < -0.39 is 0 Å². The van der Waals surface area contributed by atoms with E-state index in [1.54, 1.807) is 0 Å². The summed E-state index contributed by atoms with van der Waals surface area (Å²) in [5.74, 6) is 7.13. The van der Waals surface area contributed by atoms with Crippen LogP contribution in [0.4, 0.5) is 0 Å². The van der Waals surface area contributed by atoms with Crippen LogP contribution in [-0.2, 0) is 6.42 Å². The third kappa shape index (κ3) is 4.48. The number of hydrogen-bond acceptors (Lipinski definition) is 6. The predicted octanol–water partition coefficient (Wildman–Crippen LogP) is 1.58. The standard InChI is InChI=1S/C23H30N6O/c24-11-14-29(26)28-22(25)18-7-5-17(6-8-18)20-15-19-3-1-2-4-21(19)30-23(16-20)9-12-27-13-10-23/h1-8,16,27H,9-15,24,26H2,(H2,25,28). The number of hydrogen-bond donors (Lipinski definition) is 4. The molecule has 2 aromatic carbocycles. The van der Waals surface area contributed by atoms with E-state index >= 15 is 0 Å². The molecule has 1 saturated heterocycles. The topological polar surface area (TPSA) is 115 Å². The Morgan fingerprint density at radius 1 is 1.10 bits per heavy atom. The minimum Gasteiger partial charge on any atom is -0.483 e. The summed E-state index contributed by atoms with van der Waals surface area (Å²) in [7, 11) is 0. The lowest BCUT2D eigenvalue weighted by Crippen LogP contribution is -2.44. The molecule has 30 heavy (non-hydrogen) atoms. The molecule has 2 aromatic rings. The molecular formula is C23H30N6O. The molecule has 1 spiro atoms. The van der Waals surface area contributed by atoms with Crippen molar-refractivity contribution in [1.29, 1.82) is 0 Å². The number of nitrogens with one attached hydrogen (secondary N) is 1. The van der Waals surface area contributed by atoms with Crippen molar-refractivity contribution in [1.82, 2.24) is 10.4 Å². The number of hydrazine groups is 1. The van der Waals surface area contributed by atoms with Gasteiger partial charge in [0, 0.05) is 31.4 Å². The van der Waals surface area contributed by atoms with Gasteiger partial charge in [-0.1, -0.05) is 42.5 Å². The fraction of sp³-hybridized carbons (Fsp3) is 0.348. The number of para-hydroxylation sites is 1. The van der Waals surface area contributed by atoms with Gasteiger partial charge in [0.1, 0.15) is 11.4 Å². The first kappa shape index (κ1) is 20.4. The molecule has 0 atom stereocenters. The number of nitrogens with zero attached hydrogens (tertiary/aromatic N) is 2. The highest BCUT2D eigenvalue weighted by Gasteiger charge is 2.35. The molecule has 158 valence electrons. The largest absolute Gasteiger partial charge is 0.483 e. The molecule has 2 aliphatic rings. The van der Waals surface area contributed by atoms with Gasteiger partial charge in [-0.15, -0.1) is 5.10 Å². The fourth-order valence-electron chi connectivity index (χ4n) is 4.09. The van der Waals surface area contributed by atoms with Gasteiger partial charge >= 0.3 is 0 Å². The van der Waals surface area contributed by atoms with Crippen molar-refractivity contribution < 1.29 is 4.74 Å². The van der Waals surface area contributed by atoms with Crippen molar-refractivity contribution in [3.05, 3.63) is 71.3 Å². The Morgan fingerprint density at radius 3 is 2.57 bits per heavy atom. The maximum Gasteiger partial charge on any atom is 0.152 e. The Bertz CT molecular complexity index is 931.